The summed E-state index contributed by atoms with van der Waals surface area (Å²) in [5.41, 5.74) is 1.86. The quantitative estimate of drug-likeness (QED) is 0.621. The molecule has 0 radical (unpaired) electrons. The molecule has 2 heterocycles. The molecule has 104 valence electrons. The van der Waals surface area contributed by atoms with Crippen molar-refractivity contribution in [1.82, 2.24) is 4.90 Å². The minimum Gasteiger partial charge on any atom is -0.377 e. The Bertz CT molecular complexity index is 589. The van der Waals surface area contributed by atoms with Crippen molar-refractivity contribution in [3.8, 4) is 0 Å². The molecule has 1 aromatic carbocycles. The van der Waals surface area contributed by atoms with E-state index in [1.54, 1.807) is 12.1 Å². The van der Waals surface area contributed by atoms with E-state index in [1.165, 1.54) is 6.42 Å². The van der Waals surface area contributed by atoms with Crippen molar-refractivity contribution >= 4 is 23.3 Å². The first-order valence-electron chi connectivity index (χ1n) is 6.75. The number of nitrogens with zero attached hydrogens (tertiary/aromatic N) is 2. The Morgan fingerprint density at radius 3 is 2.80 bits per heavy atom. The van der Waals surface area contributed by atoms with Crippen molar-refractivity contribution in [1.29, 1.82) is 0 Å². The lowest BCUT2D eigenvalue weighted by molar-refractivity contribution is -0.136. The molecule has 0 atom stereocenters. The van der Waals surface area contributed by atoms with E-state index >= 15 is 0 Å². The number of hydrogen-bond acceptors (Lipinski definition) is 4. The fourth-order valence-corrected chi connectivity index (χ4v) is 2.66. The molecule has 0 bridgehead atoms. The molecule has 0 saturated carbocycles. The van der Waals surface area contributed by atoms with Gasteiger partial charge in [0, 0.05) is 29.9 Å². The van der Waals surface area contributed by atoms with Gasteiger partial charge in [-0.15, -0.1) is 0 Å². The van der Waals surface area contributed by atoms with Crippen molar-refractivity contribution in [3.63, 3.8) is 0 Å². The molecule has 2 aliphatic heterocycles. The standard InChI is InChI=1S/C15H15ClN2O2/c16-12-6-4-5-11(9-12)14-13(15(19)20-17-14)10-18-7-2-1-3-8-18/h4-6,9-10H,1-3,7-8H2. The molecule has 0 N–H and O–H groups in total. The summed E-state index contributed by atoms with van der Waals surface area (Å²) >= 11 is 5.99. The predicted octanol–water partition coefficient (Wildman–Crippen LogP) is 2.97. The zero-order valence-corrected chi connectivity index (χ0v) is 11.8. The first-order chi connectivity index (χ1) is 9.74. The number of halogens is 1. The molecule has 1 fully saturated rings. The monoisotopic (exact) mass is 290 g/mol. The second-order valence-corrected chi connectivity index (χ2v) is 5.40. The van der Waals surface area contributed by atoms with Gasteiger partial charge in [0.05, 0.1) is 0 Å². The van der Waals surface area contributed by atoms with Crippen LogP contribution in [-0.2, 0) is 9.63 Å². The van der Waals surface area contributed by atoms with Gasteiger partial charge in [0.25, 0.3) is 0 Å². The average Bonchev–Trinajstić information content (AvgIpc) is 2.82. The van der Waals surface area contributed by atoms with Crippen LogP contribution in [0.1, 0.15) is 24.8 Å². The minimum absolute atomic E-state index is 0.398. The molecule has 0 unspecified atom stereocenters. The molecule has 0 spiro atoms. The molecule has 2 aliphatic rings. The molecule has 20 heavy (non-hydrogen) atoms. The number of benzene rings is 1. The maximum absolute atomic E-state index is 11.9. The van der Waals surface area contributed by atoms with E-state index in [-0.39, 0.29) is 0 Å². The van der Waals surface area contributed by atoms with Gasteiger partial charge in [-0.3, -0.25) is 0 Å². The van der Waals surface area contributed by atoms with Crippen molar-refractivity contribution in [3.05, 3.63) is 46.6 Å². The molecule has 0 aliphatic carbocycles. The van der Waals surface area contributed by atoms with Crippen LogP contribution >= 0.6 is 11.6 Å². The van der Waals surface area contributed by atoms with Crippen LogP contribution in [0.2, 0.25) is 5.02 Å². The second kappa shape index (κ2) is 5.67. The van der Waals surface area contributed by atoms with Crippen LogP contribution < -0.4 is 0 Å². The van der Waals surface area contributed by atoms with Crippen LogP contribution in [0.15, 0.2) is 41.2 Å². The Balaban J connectivity index is 1.90. The second-order valence-electron chi connectivity index (χ2n) is 4.97. The van der Waals surface area contributed by atoms with Gasteiger partial charge in [0.2, 0.25) is 0 Å². The summed E-state index contributed by atoms with van der Waals surface area (Å²) in [6.45, 7) is 1.94. The van der Waals surface area contributed by atoms with Gasteiger partial charge in [-0.1, -0.05) is 28.9 Å². The van der Waals surface area contributed by atoms with Gasteiger partial charge in [0.15, 0.2) is 0 Å². The normalized spacial score (nSPS) is 21.1. The molecule has 1 saturated heterocycles. The van der Waals surface area contributed by atoms with E-state index in [0.29, 0.717) is 16.3 Å². The molecule has 4 nitrogen and oxygen atoms in total. The highest BCUT2D eigenvalue weighted by atomic mass is 35.5. The van der Waals surface area contributed by atoms with E-state index in [1.807, 2.05) is 18.3 Å². The Kier molecular flexibility index (Phi) is 3.74. The fourth-order valence-electron chi connectivity index (χ4n) is 2.47. The van der Waals surface area contributed by atoms with Crippen LogP contribution in [0.3, 0.4) is 0 Å². The van der Waals surface area contributed by atoms with Crippen molar-refractivity contribution in [2.45, 2.75) is 19.3 Å². The maximum Gasteiger partial charge on any atom is 0.369 e. The SMILES string of the molecule is O=C1ON=C(c2cccc(Cl)c2)C1=CN1CCCCC1. The fraction of sp³-hybridized carbons (Fsp3) is 0.333. The first-order valence-corrected chi connectivity index (χ1v) is 7.13. The highest BCUT2D eigenvalue weighted by molar-refractivity contribution is 6.32. The summed E-state index contributed by atoms with van der Waals surface area (Å²) in [7, 11) is 0. The zero-order valence-electron chi connectivity index (χ0n) is 11.0. The van der Waals surface area contributed by atoms with E-state index in [2.05, 4.69) is 10.1 Å². The average molecular weight is 291 g/mol. The summed E-state index contributed by atoms with van der Waals surface area (Å²) < 4.78 is 0. The van der Waals surface area contributed by atoms with Gasteiger partial charge < -0.3 is 9.74 Å². The van der Waals surface area contributed by atoms with Gasteiger partial charge in [-0.25, -0.2) is 4.79 Å². The Morgan fingerprint density at radius 2 is 2.05 bits per heavy atom. The number of rotatable bonds is 2. The molecular weight excluding hydrogens is 276 g/mol. The topological polar surface area (TPSA) is 41.9 Å². The van der Waals surface area contributed by atoms with Crippen LogP contribution in [0.4, 0.5) is 0 Å². The summed E-state index contributed by atoms with van der Waals surface area (Å²) in [6, 6.07) is 7.28. The van der Waals surface area contributed by atoms with Gasteiger partial charge in [-0.05, 0) is 31.4 Å². The third-order valence-corrected chi connectivity index (χ3v) is 3.73. The number of piperidine rings is 1. The van der Waals surface area contributed by atoms with E-state index in [4.69, 9.17) is 16.4 Å². The van der Waals surface area contributed by atoms with Gasteiger partial charge in [-0.2, -0.15) is 0 Å². The van der Waals surface area contributed by atoms with E-state index in [9.17, 15) is 4.79 Å². The minimum atomic E-state index is -0.398. The van der Waals surface area contributed by atoms with E-state index in [0.717, 1.165) is 31.5 Å². The van der Waals surface area contributed by atoms with Crippen molar-refractivity contribution < 1.29 is 9.63 Å². The molecule has 1 aromatic rings. The molecular formula is C15H15ClN2O2. The lowest BCUT2D eigenvalue weighted by Gasteiger charge is -2.25. The van der Waals surface area contributed by atoms with Crippen molar-refractivity contribution in [2.24, 2.45) is 5.16 Å². The Labute approximate surface area is 122 Å². The highest BCUT2D eigenvalue weighted by Crippen LogP contribution is 2.22. The van der Waals surface area contributed by atoms with Crippen LogP contribution in [0.5, 0.6) is 0 Å². The van der Waals surface area contributed by atoms with Crippen molar-refractivity contribution in [2.75, 3.05) is 13.1 Å². The van der Waals surface area contributed by atoms with Crippen LogP contribution in [0, 0.1) is 0 Å². The molecule has 3 rings (SSSR count). The Morgan fingerprint density at radius 1 is 1.25 bits per heavy atom. The smallest absolute Gasteiger partial charge is 0.369 e. The highest BCUT2D eigenvalue weighted by Gasteiger charge is 2.28. The summed E-state index contributed by atoms with van der Waals surface area (Å²) in [6.07, 6.45) is 5.43. The summed E-state index contributed by atoms with van der Waals surface area (Å²) in [5.74, 6) is -0.398. The summed E-state index contributed by atoms with van der Waals surface area (Å²) in [4.78, 5) is 18.8. The number of likely N-dealkylation sites (tertiary alicyclic amines) is 1. The zero-order chi connectivity index (χ0) is 13.9. The van der Waals surface area contributed by atoms with Crippen LogP contribution in [0.25, 0.3) is 0 Å². The first kappa shape index (κ1) is 13.2. The van der Waals surface area contributed by atoms with Gasteiger partial charge >= 0.3 is 5.97 Å². The molecule has 0 amide bonds. The van der Waals surface area contributed by atoms with E-state index < -0.39 is 5.97 Å². The largest absolute Gasteiger partial charge is 0.377 e. The molecule has 5 heteroatoms. The Hall–Kier alpha value is -1.81. The number of carbonyl (C=O) groups excluding carboxylic acids is 1. The lowest BCUT2D eigenvalue weighted by Crippen LogP contribution is -2.26. The number of hydrogen-bond donors (Lipinski definition) is 0. The van der Waals surface area contributed by atoms with Gasteiger partial charge in [0.1, 0.15) is 11.3 Å². The summed E-state index contributed by atoms with van der Waals surface area (Å²) in [5, 5.41) is 4.50. The van der Waals surface area contributed by atoms with Crippen LogP contribution in [-0.4, -0.2) is 29.7 Å². The predicted molar refractivity (Wildman–Crippen MR) is 77.6 cm³/mol. The maximum atomic E-state index is 11.9. The number of oxime groups is 1. The number of carbonyl (C=O) groups is 1. The third-order valence-electron chi connectivity index (χ3n) is 3.50. The molecule has 0 aromatic heterocycles. The lowest BCUT2D eigenvalue weighted by atomic mass is 10.0. The third kappa shape index (κ3) is 2.70.